The number of carbonyl (C=O) groups excluding carboxylic acids is 2. The van der Waals surface area contributed by atoms with Gasteiger partial charge in [0.15, 0.2) is 12.4 Å². The van der Waals surface area contributed by atoms with Crippen LogP contribution in [0.15, 0.2) is 0 Å². The molecule has 4 rings (SSSR count). The van der Waals surface area contributed by atoms with Gasteiger partial charge in [0.25, 0.3) is 5.91 Å². The molecule has 1 saturated heterocycles. The number of nitrogens with one attached hydrogen (secondary N) is 7. The molecule has 1 heterocycles. The molecule has 18 atom stereocenters. The Kier molecular flexibility index (Phi) is 39.5. The number of hydrogen-bond acceptors (Lipinski definition) is 20. The number of ether oxygens (including phenoxy) is 2. The monoisotopic (exact) mass is 1050 g/mol. The van der Waals surface area contributed by atoms with E-state index < -0.39 is 86.2 Å². The number of aliphatic hydroxyl groups excluding tert-OH is 8. The molecule has 3 saturated carbocycles. The molecule has 0 aromatic heterocycles. The Morgan fingerprint density at radius 2 is 1.11 bits per heavy atom. The van der Waals surface area contributed by atoms with Crippen molar-refractivity contribution in [3.63, 3.8) is 0 Å². The fourth-order valence-corrected chi connectivity index (χ4v) is 9.16. The number of nitrogens with two attached hydrogens (primary N) is 1. The van der Waals surface area contributed by atoms with Crippen molar-refractivity contribution in [2.45, 2.75) is 206 Å². The maximum Gasteiger partial charge on any atom is 0.308 e. The van der Waals surface area contributed by atoms with Gasteiger partial charge in [0, 0.05) is 49.3 Å². The van der Waals surface area contributed by atoms with Crippen LogP contribution in [0.1, 0.15) is 114 Å². The maximum atomic E-state index is 12.7. The van der Waals surface area contributed by atoms with Crippen molar-refractivity contribution < 1.29 is 79.7 Å². The Bertz CT molecular complexity index is 1460. The van der Waals surface area contributed by atoms with Crippen molar-refractivity contribution in [2.24, 2.45) is 23.5 Å². The molecule has 10 unspecified atom stereocenters. The largest absolute Gasteiger partial charge is 0.481 e. The molecule has 4 fully saturated rings. The van der Waals surface area contributed by atoms with E-state index in [4.69, 9.17) is 25.4 Å². The van der Waals surface area contributed by atoms with Crippen LogP contribution in [0.3, 0.4) is 0 Å². The predicted octanol–water partition coefficient (Wildman–Crippen LogP) is -2.61. The zero-order chi connectivity index (χ0) is 51.1. The minimum atomic E-state index is -2.15. The van der Waals surface area contributed by atoms with Gasteiger partial charge < -0.3 is 103 Å². The summed E-state index contributed by atoms with van der Waals surface area (Å²) in [5.74, 6) is -3.26. The van der Waals surface area contributed by atoms with Crippen LogP contribution in [0.25, 0.3) is 0 Å². The molecule has 2 amide bonds. The molecule has 24 heteroatoms. The van der Waals surface area contributed by atoms with E-state index in [-0.39, 0.29) is 96.7 Å². The fraction of sp³-hybridized carbons (Fsp3) is 0.917. The third-order valence-electron chi connectivity index (χ3n) is 13.3. The number of aliphatic hydroxyl groups is 8. The van der Waals surface area contributed by atoms with Crippen molar-refractivity contribution in [1.82, 2.24) is 37.2 Å². The van der Waals surface area contributed by atoms with Gasteiger partial charge in [0.05, 0.1) is 31.0 Å². The highest BCUT2D eigenvalue weighted by atomic mass is 16.7. The molecule has 72 heavy (non-hydrogen) atoms. The molecule has 0 radical (unpaired) electrons. The summed E-state index contributed by atoms with van der Waals surface area (Å²) < 4.78 is 10.5. The van der Waals surface area contributed by atoms with Crippen LogP contribution in [0, 0.1) is 17.8 Å². The van der Waals surface area contributed by atoms with Crippen LogP contribution in [-0.4, -0.2) is 227 Å². The normalized spacial score (nSPS) is 31.1. The van der Waals surface area contributed by atoms with Gasteiger partial charge in [0.1, 0.15) is 42.7 Å². The number of carboxylic acid groups (broad SMARTS) is 2. The summed E-state index contributed by atoms with van der Waals surface area (Å²) in [6.45, 7) is 4.74. The number of amides is 2. The summed E-state index contributed by atoms with van der Waals surface area (Å²) in [7, 11) is 5.45. The number of unbranched alkanes of at least 4 members (excludes halogenated alkanes) is 2. The third kappa shape index (κ3) is 23.0. The summed E-state index contributed by atoms with van der Waals surface area (Å²) in [5.41, 5.74) is 5.63. The molecule has 0 bridgehead atoms. The summed E-state index contributed by atoms with van der Waals surface area (Å²) >= 11 is 0. The van der Waals surface area contributed by atoms with E-state index in [1.807, 2.05) is 14.1 Å². The summed E-state index contributed by atoms with van der Waals surface area (Å²) in [5, 5.41) is 119. The van der Waals surface area contributed by atoms with Crippen LogP contribution in [0.2, 0.25) is 0 Å². The minimum absolute atomic E-state index is 0. The first kappa shape index (κ1) is 73.5. The number of rotatable bonds is 26. The van der Waals surface area contributed by atoms with Gasteiger partial charge in [-0.2, -0.15) is 0 Å². The van der Waals surface area contributed by atoms with Crippen molar-refractivity contribution in [2.75, 3.05) is 60.5 Å². The lowest BCUT2D eigenvalue weighted by Gasteiger charge is -2.42. The van der Waals surface area contributed by atoms with Crippen molar-refractivity contribution in [1.29, 1.82) is 0 Å². The molecule has 0 spiro atoms. The lowest BCUT2D eigenvalue weighted by Crippen LogP contribution is -2.62. The fourth-order valence-electron chi connectivity index (χ4n) is 9.16. The van der Waals surface area contributed by atoms with Crippen molar-refractivity contribution >= 4 is 23.8 Å². The van der Waals surface area contributed by atoms with Gasteiger partial charge >= 0.3 is 11.9 Å². The molecule has 24 nitrogen and oxygen atoms in total. The summed E-state index contributed by atoms with van der Waals surface area (Å²) in [6.07, 6.45) is -7.13. The van der Waals surface area contributed by atoms with Gasteiger partial charge in [-0.25, -0.2) is 0 Å². The Labute approximate surface area is 429 Å². The third-order valence-corrected chi connectivity index (χ3v) is 13.3. The van der Waals surface area contributed by atoms with E-state index in [1.165, 1.54) is 12.8 Å². The molecule has 4 aliphatic rings. The lowest BCUT2D eigenvalue weighted by atomic mass is 9.98. The number of carbonyl (C=O) groups is 4. The Morgan fingerprint density at radius 1 is 0.639 bits per heavy atom. The van der Waals surface area contributed by atoms with Crippen LogP contribution in [0.5, 0.6) is 0 Å². The second-order valence-electron chi connectivity index (χ2n) is 18.3. The van der Waals surface area contributed by atoms with Gasteiger partial charge in [-0.3, -0.25) is 19.2 Å². The second-order valence-corrected chi connectivity index (χ2v) is 18.3. The van der Waals surface area contributed by atoms with E-state index in [1.54, 1.807) is 7.05 Å². The minimum Gasteiger partial charge on any atom is -0.481 e. The second kappa shape index (κ2) is 38.7. The van der Waals surface area contributed by atoms with E-state index in [9.17, 15) is 60.0 Å². The van der Waals surface area contributed by atoms with Crippen molar-refractivity contribution in [3.05, 3.63) is 0 Å². The molecular formula is C48H102N8O16. The first-order valence-electron chi connectivity index (χ1n) is 24.2. The highest BCUT2D eigenvalue weighted by molar-refractivity contribution is 5.81. The SMILES string of the molecule is C.C.C.C.CCCCNC1CC(NC)C(C(=O)NCCCNC(=O)[C@H](O)[C@@H](O)[C@H](OC2O[C@H](CO)[C@H](O)[C@H](O)[C@H]2O)[C@H](O)CO)C1.CCCCNC1CC(NC)C(C(=O)O)C1.CNC1CC(N)CC1C(=O)O. The lowest BCUT2D eigenvalue weighted by molar-refractivity contribution is -0.326. The number of hydrogen-bond donors (Lipinski definition) is 18. The molecule has 0 aromatic rings. The first-order valence-corrected chi connectivity index (χ1v) is 24.2. The molecule has 1 aliphatic heterocycles. The van der Waals surface area contributed by atoms with Crippen LogP contribution >= 0.6 is 0 Å². The van der Waals surface area contributed by atoms with Crippen LogP contribution in [-0.2, 0) is 28.7 Å². The zero-order valence-corrected chi connectivity index (χ0v) is 40.4. The molecule has 0 aromatic carbocycles. The molecule has 3 aliphatic carbocycles. The van der Waals surface area contributed by atoms with Gasteiger partial charge in [-0.15, -0.1) is 0 Å². The number of aliphatic carboxylic acids is 2. The highest BCUT2D eigenvalue weighted by Crippen LogP contribution is 2.29. The van der Waals surface area contributed by atoms with Gasteiger partial charge in [0.2, 0.25) is 5.91 Å². The Balaban J connectivity index is -0.00000130. The van der Waals surface area contributed by atoms with E-state index in [0.29, 0.717) is 25.3 Å². The number of carboxylic acids is 2. The van der Waals surface area contributed by atoms with Gasteiger partial charge in [-0.05, 0) is 92.0 Å². The van der Waals surface area contributed by atoms with E-state index in [2.05, 4.69) is 51.1 Å². The Morgan fingerprint density at radius 3 is 1.56 bits per heavy atom. The molecular weight excluding hydrogens is 945 g/mol. The van der Waals surface area contributed by atoms with Crippen molar-refractivity contribution in [3.8, 4) is 0 Å². The zero-order valence-electron chi connectivity index (χ0n) is 40.4. The molecule has 19 N–H and O–H groups in total. The predicted molar refractivity (Wildman–Crippen MR) is 275 cm³/mol. The maximum absolute atomic E-state index is 12.7. The average Bonchev–Trinajstić information content (AvgIpc) is 4.06. The first-order chi connectivity index (χ1) is 32.3. The smallest absolute Gasteiger partial charge is 0.308 e. The molecule has 430 valence electrons. The van der Waals surface area contributed by atoms with E-state index >= 15 is 0 Å². The topological polar surface area (TPSA) is 399 Å². The average molecular weight is 1050 g/mol. The quantitative estimate of drug-likeness (QED) is 0.0395. The standard InChI is InChI=1S/C26H50N4O12.C11H22N2O2.C7H14N2O2.4CH4/c1-3-4-6-28-13-9-14(15(10-13)27-2)24(39)29-7-5-8-30-25(40)21(37)20(36)23(16(33)11-31)42-26-22(38)19(35)18(34)17(12-32)41-26;1-3-4-5-13-8-6-9(11(14)15)10(7-8)12-2;1-9-6-3-4(8)2-5(6)7(10)11;;;;/h13-23,26-28,31-38H,3-12H2,1-2H3,(H,29,39)(H,30,40);8-10,12-13H,3-7H2,1-2H3,(H,14,15);4-6,9H,2-3,8H2,1H3,(H,10,11);4*1H4/t13?,14?,15?,16-,17-,18+,19+,20-,21-,22-,23-,26?;;;;;;/m1....../s1. The Hall–Kier alpha value is -2.76. The van der Waals surface area contributed by atoms with E-state index in [0.717, 1.165) is 51.6 Å². The van der Waals surface area contributed by atoms with Gasteiger partial charge in [-0.1, -0.05) is 56.4 Å². The highest BCUT2D eigenvalue weighted by Gasteiger charge is 2.47. The van der Waals surface area contributed by atoms with Crippen LogP contribution < -0.4 is 43.0 Å². The summed E-state index contributed by atoms with van der Waals surface area (Å²) in [4.78, 5) is 46.8. The van der Waals surface area contributed by atoms with Crippen LogP contribution in [0.4, 0.5) is 0 Å². The summed E-state index contributed by atoms with van der Waals surface area (Å²) in [6, 6.07) is 0.912.